The fourth-order valence-electron chi connectivity index (χ4n) is 1.62. The van der Waals surface area contributed by atoms with Gasteiger partial charge in [-0.05, 0) is 35.0 Å². The van der Waals surface area contributed by atoms with Crippen LogP contribution in [0.3, 0.4) is 0 Å². The van der Waals surface area contributed by atoms with Gasteiger partial charge in [0.25, 0.3) is 0 Å². The van der Waals surface area contributed by atoms with Crippen molar-refractivity contribution in [2.24, 2.45) is 0 Å². The second-order valence-corrected chi connectivity index (χ2v) is 6.58. The Hall–Kier alpha value is -0.220. The minimum Gasteiger partial charge on any atom is -0.494 e. The fourth-order valence-corrected chi connectivity index (χ4v) is 3.73. The first-order valence-electron chi connectivity index (χ1n) is 5.44. The predicted molar refractivity (Wildman–Crippen MR) is 82.3 cm³/mol. The average molecular weight is 366 g/mol. The van der Waals surface area contributed by atoms with Crippen molar-refractivity contribution in [3.05, 3.63) is 49.6 Å². The molecule has 96 valence electrons. The van der Waals surface area contributed by atoms with E-state index in [9.17, 15) is 0 Å². The molecule has 1 nitrogen and oxygen atoms in total. The molecule has 1 aromatic heterocycles. The molecule has 2 rings (SSSR count). The van der Waals surface area contributed by atoms with Crippen LogP contribution < -0.4 is 4.74 Å². The summed E-state index contributed by atoms with van der Waals surface area (Å²) in [5.41, 5.74) is 0.964. The van der Waals surface area contributed by atoms with Gasteiger partial charge in [-0.1, -0.05) is 29.8 Å². The van der Waals surface area contributed by atoms with Crippen LogP contribution in [0.1, 0.15) is 22.7 Å². The van der Waals surface area contributed by atoms with Crippen LogP contribution in [0.5, 0.6) is 5.75 Å². The lowest BCUT2D eigenvalue weighted by Gasteiger charge is -2.13. The number of ether oxygens (including phenoxy) is 1. The van der Waals surface area contributed by atoms with Crippen LogP contribution in [0, 0.1) is 0 Å². The smallest absolute Gasteiger partial charge is 0.124 e. The van der Waals surface area contributed by atoms with Gasteiger partial charge in [0, 0.05) is 14.9 Å². The summed E-state index contributed by atoms with van der Waals surface area (Å²) in [5, 5.41) is -0.249. The SMILES string of the molecule is CCOc1ccccc1C(Cl)c1cc(Br)c(Cl)s1. The van der Waals surface area contributed by atoms with E-state index in [-0.39, 0.29) is 5.38 Å². The summed E-state index contributed by atoms with van der Waals surface area (Å²) in [6, 6.07) is 9.75. The van der Waals surface area contributed by atoms with Crippen molar-refractivity contribution in [3.8, 4) is 5.75 Å². The van der Waals surface area contributed by atoms with E-state index < -0.39 is 0 Å². The summed E-state index contributed by atoms with van der Waals surface area (Å²) >= 11 is 17.4. The van der Waals surface area contributed by atoms with Crippen LogP contribution in [0.2, 0.25) is 4.34 Å². The number of rotatable bonds is 4. The molecule has 2 aromatic rings. The van der Waals surface area contributed by atoms with Gasteiger partial charge in [0.2, 0.25) is 0 Å². The Balaban J connectivity index is 2.36. The van der Waals surface area contributed by atoms with Crippen molar-refractivity contribution in [2.45, 2.75) is 12.3 Å². The highest BCUT2D eigenvalue weighted by atomic mass is 79.9. The van der Waals surface area contributed by atoms with E-state index in [0.717, 1.165) is 20.7 Å². The Labute approximate surface area is 129 Å². The maximum absolute atomic E-state index is 6.51. The molecule has 0 spiro atoms. The third-order valence-electron chi connectivity index (χ3n) is 2.41. The number of thiophene rings is 1. The van der Waals surface area contributed by atoms with Crippen molar-refractivity contribution >= 4 is 50.5 Å². The Morgan fingerprint density at radius 3 is 2.72 bits per heavy atom. The van der Waals surface area contributed by atoms with Crippen molar-refractivity contribution in [3.63, 3.8) is 0 Å². The zero-order valence-electron chi connectivity index (χ0n) is 9.62. The molecular weight excluding hydrogens is 355 g/mol. The molecule has 0 aliphatic carbocycles. The molecule has 0 radical (unpaired) electrons. The van der Waals surface area contributed by atoms with Gasteiger partial charge in [0.15, 0.2) is 0 Å². The molecule has 0 aliphatic rings. The Morgan fingerprint density at radius 1 is 1.39 bits per heavy atom. The van der Waals surface area contributed by atoms with E-state index in [0.29, 0.717) is 10.9 Å². The highest BCUT2D eigenvalue weighted by Gasteiger charge is 2.18. The molecule has 0 saturated carbocycles. The molecule has 1 atom stereocenters. The summed E-state index contributed by atoms with van der Waals surface area (Å²) < 4.78 is 7.18. The van der Waals surface area contributed by atoms with E-state index in [1.54, 1.807) is 0 Å². The van der Waals surface area contributed by atoms with Gasteiger partial charge in [-0.3, -0.25) is 0 Å². The maximum atomic E-state index is 6.51. The first kappa shape index (κ1) is 14.2. The second kappa shape index (κ2) is 6.29. The highest BCUT2D eigenvalue weighted by Crippen LogP contribution is 2.42. The maximum Gasteiger partial charge on any atom is 0.124 e. The fraction of sp³-hybridized carbons (Fsp3) is 0.231. The van der Waals surface area contributed by atoms with Crippen molar-refractivity contribution in [1.29, 1.82) is 0 Å². The van der Waals surface area contributed by atoms with Crippen LogP contribution in [0.25, 0.3) is 0 Å². The first-order valence-corrected chi connectivity index (χ1v) is 7.86. The van der Waals surface area contributed by atoms with Gasteiger partial charge >= 0.3 is 0 Å². The van der Waals surface area contributed by atoms with Crippen LogP contribution in [0.4, 0.5) is 0 Å². The van der Waals surface area contributed by atoms with Crippen LogP contribution in [0.15, 0.2) is 34.8 Å². The molecule has 1 heterocycles. The standard InChI is InChI=1S/C13H11BrCl2OS/c1-2-17-10-6-4-3-5-8(10)12(15)11-7-9(14)13(16)18-11/h3-7,12H,2H2,1H3. The summed E-state index contributed by atoms with van der Waals surface area (Å²) in [6.45, 7) is 2.58. The molecule has 0 fully saturated rings. The summed E-state index contributed by atoms with van der Waals surface area (Å²) in [6.07, 6.45) is 0. The van der Waals surface area contributed by atoms with Crippen molar-refractivity contribution < 1.29 is 4.74 Å². The average Bonchev–Trinajstić information content (AvgIpc) is 2.70. The largest absolute Gasteiger partial charge is 0.494 e. The van der Waals surface area contributed by atoms with E-state index >= 15 is 0 Å². The van der Waals surface area contributed by atoms with Gasteiger partial charge in [0.1, 0.15) is 10.1 Å². The highest BCUT2D eigenvalue weighted by molar-refractivity contribution is 9.10. The number of benzene rings is 1. The topological polar surface area (TPSA) is 9.23 Å². The normalized spacial score (nSPS) is 12.4. The molecule has 1 unspecified atom stereocenters. The van der Waals surface area contributed by atoms with Crippen molar-refractivity contribution in [1.82, 2.24) is 0 Å². The second-order valence-electron chi connectivity index (χ2n) is 3.60. The monoisotopic (exact) mass is 364 g/mol. The van der Waals surface area contributed by atoms with Crippen molar-refractivity contribution in [2.75, 3.05) is 6.61 Å². The summed E-state index contributed by atoms with van der Waals surface area (Å²) in [7, 11) is 0. The van der Waals surface area contributed by atoms with E-state index in [2.05, 4.69) is 15.9 Å². The Kier molecular flexibility index (Phi) is 4.96. The molecule has 0 N–H and O–H groups in total. The van der Waals surface area contributed by atoms with Crippen LogP contribution in [-0.4, -0.2) is 6.61 Å². The van der Waals surface area contributed by atoms with Crippen LogP contribution >= 0.6 is 50.5 Å². The predicted octanol–water partition coefficient (Wildman–Crippen LogP) is 5.89. The van der Waals surface area contributed by atoms with Crippen LogP contribution in [-0.2, 0) is 0 Å². The number of alkyl halides is 1. The Morgan fingerprint density at radius 2 is 2.11 bits per heavy atom. The minimum atomic E-state index is -0.249. The van der Waals surface area contributed by atoms with Gasteiger partial charge in [-0.15, -0.1) is 22.9 Å². The molecule has 5 heteroatoms. The molecule has 0 bridgehead atoms. The number of hydrogen-bond acceptors (Lipinski definition) is 2. The number of halogens is 3. The quantitative estimate of drug-likeness (QED) is 0.613. The van der Waals surface area contributed by atoms with Gasteiger partial charge in [0.05, 0.1) is 12.0 Å². The van der Waals surface area contributed by atoms with E-state index in [4.69, 9.17) is 27.9 Å². The zero-order valence-corrected chi connectivity index (χ0v) is 13.5. The van der Waals surface area contributed by atoms with E-state index in [1.807, 2.05) is 37.3 Å². The Bertz CT molecular complexity index is 522. The number of para-hydroxylation sites is 1. The third-order valence-corrected chi connectivity index (χ3v) is 5.55. The zero-order chi connectivity index (χ0) is 13.1. The van der Waals surface area contributed by atoms with Gasteiger partial charge < -0.3 is 4.74 Å². The molecule has 0 saturated heterocycles. The van der Waals surface area contributed by atoms with E-state index in [1.165, 1.54) is 11.3 Å². The third kappa shape index (κ3) is 3.02. The first-order chi connectivity index (χ1) is 8.63. The molecule has 1 aromatic carbocycles. The van der Waals surface area contributed by atoms with Gasteiger partial charge in [-0.25, -0.2) is 0 Å². The lowest BCUT2D eigenvalue weighted by Crippen LogP contribution is -1.98. The summed E-state index contributed by atoms with van der Waals surface area (Å²) in [4.78, 5) is 1.00. The van der Waals surface area contributed by atoms with Gasteiger partial charge in [-0.2, -0.15) is 0 Å². The molecule has 0 amide bonds. The molecule has 18 heavy (non-hydrogen) atoms. The number of hydrogen-bond donors (Lipinski definition) is 0. The molecule has 0 aliphatic heterocycles. The minimum absolute atomic E-state index is 0.249. The summed E-state index contributed by atoms with van der Waals surface area (Å²) in [5.74, 6) is 0.820. The molecular formula is C13H11BrCl2OS. The lowest BCUT2D eigenvalue weighted by molar-refractivity contribution is 0.337. The lowest BCUT2D eigenvalue weighted by atomic mass is 10.1.